The van der Waals surface area contributed by atoms with E-state index in [1.165, 1.54) is 0 Å². The second kappa shape index (κ2) is 12.4. The lowest BCUT2D eigenvalue weighted by molar-refractivity contribution is 0.106. The first-order valence-corrected chi connectivity index (χ1v) is 8.45. The summed E-state index contributed by atoms with van der Waals surface area (Å²) >= 11 is 0. The average molecular weight is 485 g/mol. The van der Waals surface area contributed by atoms with E-state index in [4.69, 9.17) is 14.2 Å². The zero-order valence-electron chi connectivity index (χ0n) is 16.2. The van der Waals surface area contributed by atoms with E-state index in [2.05, 4.69) is 27.8 Å². The summed E-state index contributed by atoms with van der Waals surface area (Å²) < 4.78 is 16.2. The number of rotatable bonds is 8. The highest BCUT2D eigenvalue weighted by atomic mass is 127. The van der Waals surface area contributed by atoms with Crippen molar-refractivity contribution in [2.75, 3.05) is 34.9 Å². The molecule has 6 nitrogen and oxygen atoms in total. The summed E-state index contributed by atoms with van der Waals surface area (Å²) in [5, 5.41) is 6.59. The molecule has 0 saturated heterocycles. The molecular formula is C20H28IN3O3. The van der Waals surface area contributed by atoms with Crippen molar-refractivity contribution in [3.05, 3.63) is 59.7 Å². The third-order valence-corrected chi connectivity index (χ3v) is 4.04. The van der Waals surface area contributed by atoms with Gasteiger partial charge in [-0.25, -0.2) is 0 Å². The van der Waals surface area contributed by atoms with Crippen LogP contribution in [0.5, 0.6) is 11.5 Å². The maximum absolute atomic E-state index is 5.57. The van der Waals surface area contributed by atoms with Crippen LogP contribution < -0.4 is 20.1 Å². The quantitative estimate of drug-likeness (QED) is 0.341. The molecule has 0 amide bonds. The lowest BCUT2D eigenvalue weighted by atomic mass is 10.1. The Labute approximate surface area is 178 Å². The second-order valence-corrected chi connectivity index (χ2v) is 5.63. The van der Waals surface area contributed by atoms with Crippen LogP contribution in [0.2, 0.25) is 0 Å². The molecule has 0 heterocycles. The summed E-state index contributed by atoms with van der Waals surface area (Å²) in [5.74, 6) is 2.13. The van der Waals surface area contributed by atoms with Crippen molar-refractivity contribution in [1.82, 2.24) is 10.6 Å². The maximum Gasteiger partial charge on any atom is 0.191 e. The molecular weight excluding hydrogens is 457 g/mol. The van der Waals surface area contributed by atoms with Gasteiger partial charge in [-0.15, -0.1) is 24.0 Å². The molecule has 0 aliphatic rings. The molecule has 0 radical (unpaired) electrons. The van der Waals surface area contributed by atoms with E-state index in [9.17, 15) is 0 Å². The average Bonchev–Trinajstić information content (AvgIpc) is 2.71. The van der Waals surface area contributed by atoms with E-state index in [1.54, 1.807) is 28.4 Å². The minimum absolute atomic E-state index is 0. The Kier molecular flexibility index (Phi) is 10.6. The molecule has 27 heavy (non-hydrogen) atoms. The highest BCUT2D eigenvalue weighted by Gasteiger charge is 2.11. The Bertz CT molecular complexity index is 711. The molecule has 1 atom stereocenters. The molecule has 2 aromatic carbocycles. The molecule has 7 heteroatoms. The van der Waals surface area contributed by atoms with Crippen LogP contribution >= 0.6 is 24.0 Å². The lowest BCUT2D eigenvalue weighted by Crippen LogP contribution is -2.39. The van der Waals surface area contributed by atoms with E-state index in [1.807, 2.05) is 36.4 Å². The Morgan fingerprint density at radius 3 is 2.26 bits per heavy atom. The molecule has 2 aromatic rings. The van der Waals surface area contributed by atoms with Crippen molar-refractivity contribution in [2.45, 2.75) is 12.6 Å². The van der Waals surface area contributed by atoms with Gasteiger partial charge in [0.25, 0.3) is 0 Å². The fraction of sp³-hybridized carbons (Fsp3) is 0.350. The van der Waals surface area contributed by atoms with Gasteiger partial charge in [-0.05, 0) is 23.3 Å². The largest absolute Gasteiger partial charge is 0.493 e. The molecule has 0 saturated carbocycles. The van der Waals surface area contributed by atoms with Gasteiger partial charge in [0.2, 0.25) is 0 Å². The summed E-state index contributed by atoms with van der Waals surface area (Å²) in [6, 6.07) is 15.9. The van der Waals surface area contributed by atoms with E-state index in [0.29, 0.717) is 30.5 Å². The van der Waals surface area contributed by atoms with Gasteiger partial charge in [0.05, 0.1) is 20.3 Å². The molecule has 0 spiro atoms. The minimum Gasteiger partial charge on any atom is -0.493 e. The summed E-state index contributed by atoms with van der Waals surface area (Å²) in [6.07, 6.45) is -0.0455. The van der Waals surface area contributed by atoms with Crippen LogP contribution in [-0.2, 0) is 11.3 Å². The van der Waals surface area contributed by atoms with Gasteiger partial charge in [-0.3, -0.25) is 4.99 Å². The first-order chi connectivity index (χ1) is 12.7. The van der Waals surface area contributed by atoms with Crippen LogP contribution in [0.3, 0.4) is 0 Å². The summed E-state index contributed by atoms with van der Waals surface area (Å²) in [4.78, 5) is 4.26. The van der Waals surface area contributed by atoms with Crippen LogP contribution in [0.15, 0.2) is 53.5 Å². The highest BCUT2D eigenvalue weighted by molar-refractivity contribution is 14.0. The Hall–Kier alpha value is -2.00. The van der Waals surface area contributed by atoms with Gasteiger partial charge < -0.3 is 24.8 Å². The molecule has 2 rings (SSSR count). The first-order valence-electron chi connectivity index (χ1n) is 8.45. The molecule has 0 bridgehead atoms. The fourth-order valence-corrected chi connectivity index (χ4v) is 2.59. The SMILES string of the molecule is CN=C(NCc1ccc(OC)c(OC)c1)NCC(OC)c1ccccc1.I. The third kappa shape index (κ3) is 6.91. The fourth-order valence-electron chi connectivity index (χ4n) is 2.59. The van der Waals surface area contributed by atoms with Gasteiger partial charge in [-0.1, -0.05) is 36.4 Å². The number of hydrogen-bond donors (Lipinski definition) is 2. The number of halogens is 1. The van der Waals surface area contributed by atoms with Gasteiger partial charge in [0, 0.05) is 27.2 Å². The van der Waals surface area contributed by atoms with Crippen molar-refractivity contribution in [3.63, 3.8) is 0 Å². The van der Waals surface area contributed by atoms with E-state index in [0.717, 1.165) is 11.1 Å². The lowest BCUT2D eigenvalue weighted by Gasteiger charge is -2.19. The molecule has 1 unspecified atom stereocenters. The van der Waals surface area contributed by atoms with E-state index >= 15 is 0 Å². The van der Waals surface area contributed by atoms with Gasteiger partial charge >= 0.3 is 0 Å². The molecule has 2 N–H and O–H groups in total. The zero-order valence-corrected chi connectivity index (χ0v) is 18.5. The number of benzene rings is 2. The van der Waals surface area contributed by atoms with Gasteiger partial charge in [0.15, 0.2) is 17.5 Å². The van der Waals surface area contributed by atoms with Crippen molar-refractivity contribution in [2.24, 2.45) is 4.99 Å². The number of nitrogens with zero attached hydrogens (tertiary/aromatic N) is 1. The summed E-state index contributed by atoms with van der Waals surface area (Å²) in [7, 11) is 6.71. The van der Waals surface area contributed by atoms with E-state index in [-0.39, 0.29) is 30.1 Å². The molecule has 0 aliphatic heterocycles. The van der Waals surface area contributed by atoms with Crippen LogP contribution in [0.4, 0.5) is 0 Å². The number of methoxy groups -OCH3 is 3. The zero-order chi connectivity index (χ0) is 18.8. The normalized spacial score (nSPS) is 11.9. The number of ether oxygens (including phenoxy) is 3. The van der Waals surface area contributed by atoms with E-state index < -0.39 is 0 Å². The number of nitrogens with one attached hydrogen (secondary N) is 2. The number of hydrogen-bond acceptors (Lipinski definition) is 4. The third-order valence-electron chi connectivity index (χ3n) is 4.04. The Morgan fingerprint density at radius 1 is 0.963 bits per heavy atom. The van der Waals surface area contributed by atoms with Crippen molar-refractivity contribution in [1.29, 1.82) is 0 Å². The van der Waals surface area contributed by atoms with Gasteiger partial charge in [-0.2, -0.15) is 0 Å². The maximum atomic E-state index is 5.57. The number of aliphatic imine (C=N–C) groups is 1. The predicted octanol–water partition coefficient (Wildman–Crippen LogP) is 3.37. The highest BCUT2D eigenvalue weighted by Crippen LogP contribution is 2.27. The molecule has 0 aliphatic carbocycles. The van der Waals surface area contributed by atoms with Crippen LogP contribution in [0.1, 0.15) is 17.2 Å². The smallest absolute Gasteiger partial charge is 0.191 e. The first kappa shape index (κ1) is 23.0. The Morgan fingerprint density at radius 2 is 1.67 bits per heavy atom. The summed E-state index contributed by atoms with van der Waals surface area (Å²) in [6.45, 7) is 1.23. The van der Waals surface area contributed by atoms with Crippen LogP contribution in [-0.4, -0.2) is 40.9 Å². The van der Waals surface area contributed by atoms with Crippen LogP contribution in [0, 0.1) is 0 Å². The topological polar surface area (TPSA) is 64.1 Å². The van der Waals surface area contributed by atoms with Crippen molar-refractivity contribution in [3.8, 4) is 11.5 Å². The Balaban J connectivity index is 0.00000364. The second-order valence-electron chi connectivity index (χ2n) is 5.63. The summed E-state index contributed by atoms with van der Waals surface area (Å²) in [5.41, 5.74) is 2.19. The van der Waals surface area contributed by atoms with Crippen molar-refractivity contribution < 1.29 is 14.2 Å². The van der Waals surface area contributed by atoms with Crippen molar-refractivity contribution >= 4 is 29.9 Å². The monoisotopic (exact) mass is 485 g/mol. The predicted molar refractivity (Wildman–Crippen MR) is 119 cm³/mol. The van der Waals surface area contributed by atoms with Gasteiger partial charge in [0.1, 0.15) is 0 Å². The minimum atomic E-state index is -0.0455. The standard InChI is InChI=1S/C20H27N3O3.HI/c1-21-20(23-14-19(26-4)16-8-6-5-7-9-16)22-13-15-10-11-17(24-2)18(12-15)25-3;/h5-12,19H,13-14H2,1-4H3,(H2,21,22,23);1H. The molecule has 0 fully saturated rings. The molecule has 0 aromatic heterocycles. The molecule has 148 valence electrons. The number of guanidine groups is 1. The van der Waals surface area contributed by atoms with Crippen LogP contribution in [0.25, 0.3) is 0 Å².